The third-order valence-electron chi connectivity index (χ3n) is 5.06. The van der Waals surface area contributed by atoms with Crippen LogP contribution in [0.4, 0.5) is 5.69 Å². The zero-order chi connectivity index (χ0) is 22.7. The largest absolute Gasteiger partial charge is 0.325 e. The molecular weight excluding hydrogens is 438 g/mol. The second-order valence-corrected chi connectivity index (χ2v) is 9.37. The molecule has 2 aromatic carbocycles. The first kappa shape index (κ1) is 22.0. The van der Waals surface area contributed by atoms with E-state index >= 15 is 0 Å². The summed E-state index contributed by atoms with van der Waals surface area (Å²) in [6, 6.07) is 17.7. The van der Waals surface area contributed by atoms with Crippen LogP contribution in [-0.4, -0.2) is 21.2 Å². The van der Waals surface area contributed by atoms with Crippen LogP contribution in [0.15, 0.2) is 77.2 Å². The molecule has 7 heteroatoms. The van der Waals surface area contributed by atoms with E-state index in [0.717, 1.165) is 27.3 Å². The Morgan fingerprint density at radius 2 is 1.88 bits per heavy atom. The third kappa shape index (κ3) is 4.54. The van der Waals surface area contributed by atoms with Crippen LogP contribution in [0.1, 0.15) is 11.1 Å². The van der Waals surface area contributed by atoms with Crippen molar-refractivity contribution in [3.63, 3.8) is 0 Å². The van der Waals surface area contributed by atoms with Crippen molar-refractivity contribution in [1.29, 1.82) is 0 Å². The summed E-state index contributed by atoms with van der Waals surface area (Å²) in [6.45, 7) is 8.03. The smallest absolute Gasteiger partial charge is 0.263 e. The average molecular weight is 462 g/mol. The highest BCUT2D eigenvalue weighted by atomic mass is 32.2. The van der Waals surface area contributed by atoms with Crippen molar-refractivity contribution in [3.05, 3.63) is 88.7 Å². The van der Waals surface area contributed by atoms with Gasteiger partial charge in [0.05, 0.1) is 11.1 Å². The Labute approximate surface area is 194 Å². The highest BCUT2D eigenvalue weighted by Gasteiger charge is 2.16. The quantitative estimate of drug-likeness (QED) is 0.219. The molecule has 0 aliphatic heterocycles. The van der Waals surface area contributed by atoms with Crippen molar-refractivity contribution in [1.82, 2.24) is 9.55 Å². The van der Waals surface area contributed by atoms with Crippen molar-refractivity contribution >= 4 is 44.9 Å². The maximum Gasteiger partial charge on any atom is 0.263 e. The maximum absolute atomic E-state index is 13.2. The number of amides is 1. The van der Waals surface area contributed by atoms with Crippen LogP contribution < -0.4 is 10.9 Å². The zero-order valence-corrected chi connectivity index (χ0v) is 19.6. The molecule has 1 amide bonds. The normalized spacial score (nSPS) is 10.9. The number of benzene rings is 2. The van der Waals surface area contributed by atoms with Crippen LogP contribution in [0.25, 0.3) is 20.7 Å². The van der Waals surface area contributed by atoms with Crippen molar-refractivity contribution in [2.45, 2.75) is 25.5 Å². The van der Waals surface area contributed by atoms with Gasteiger partial charge in [0.2, 0.25) is 5.91 Å². The van der Waals surface area contributed by atoms with Crippen LogP contribution in [0.3, 0.4) is 0 Å². The van der Waals surface area contributed by atoms with Gasteiger partial charge in [0.15, 0.2) is 5.16 Å². The van der Waals surface area contributed by atoms with Crippen molar-refractivity contribution in [3.8, 4) is 10.4 Å². The van der Waals surface area contributed by atoms with Crippen LogP contribution in [0, 0.1) is 13.8 Å². The molecule has 5 nitrogen and oxygen atoms in total. The Hall–Kier alpha value is -3.16. The highest BCUT2D eigenvalue weighted by molar-refractivity contribution is 7.99. The number of hydrogen-bond acceptors (Lipinski definition) is 5. The Balaban J connectivity index is 1.62. The molecule has 32 heavy (non-hydrogen) atoms. The van der Waals surface area contributed by atoms with Gasteiger partial charge >= 0.3 is 0 Å². The van der Waals surface area contributed by atoms with Gasteiger partial charge in [-0.25, -0.2) is 4.98 Å². The predicted molar refractivity (Wildman–Crippen MR) is 135 cm³/mol. The topological polar surface area (TPSA) is 64.0 Å². The van der Waals surface area contributed by atoms with Crippen LogP contribution in [0.2, 0.25) is 0 Å². The van der Waals surface area contributed by atoms with E-state index in [4.69, 9.17) is 4.98 Å². The van der Waals surface area contributed by atoms with Gasteiger partial charge in [-0.1, -0.05) is 66.4 Å². The summed E-state index contributed by atoms with van der Waals surface area (Å²) in [6.07, 6.45) is 1.67. The van der Waals surface area contributed by atoms with Gasteiger partial charge in [0, 0.05) is 17.1 Å². The molecule has 2 heterocycles. The van der Waals surface area contributed by atoms with E-state index in [1.807, 2.05) is 68.4 Å². The standard InChI is InChI=1S/C25H23N3O2S2/c1-4-13-28-24(30)19-14-20(18-11-6-5-7-12-18)32-23(19)27-25(28)31-15-21(29)26-22-16(2)9-8-10-17(22)3/h4-12,14H,1,13,15H2,2-3H3,(H,26,29). The summed E-state index contributed by atoms with van der Waals surface area (Å²) in [5, 5.41) is 4.08. The maximum atomic E-state index is 13.2. The Morgan fingerprint density at radius 3 is 2.56 bits per heavy atom. The number of aromatic nitrogens is 2. The molecule has 0 saturated heterocycles. The van der Waals surface area contributed by atoms with Crippen LogP contribution in [-0.2, 0) is 11.3 Å². The number of thiophene rings is 1. The van der Waals surface area contributed by atoms with E-state index in [2.05, 4.69) is 11.9 Å². The van der Waals surface area contributed by atoms with E-state index < -0.39 is 0 Å². The fourth-order valence-electron chi connectivity index (χ4n) is 3.46. The summed E-state index contributed by atoms with van der Waals surface area (Å²) in [5.41, 5.74) is 3.78. The molecule has 0 saturated carbocycles. The molecule has 0 fully saturated rings. The number of anilines is 1. The molecule has 0 bridgehead atoms. The molecule has 0 unspecified atom stereocenters. The molecule has 0 aliphatic carbocycles. The molecule has 162 valence electrons. The molecule has 0 aliphatic rings. The molecule has 4 aromatic rings. The number of para-hydroxylation sites is 1. The van der Waals surface area contributed by atoms with Gasteiger partial charge in [0.25, 0.3) is 5.56 Å². The molecule has 2 aromatic heterocycles. The van der Waals surface area contributed by atoms with E-state index in [1.54, 1.807) is 10.6 Å². The number of hydrogen-bond donors (Lipinski definition) is 1. The number of carbonyl (C=O) groups excluding carboxylic acids is 1. The van der Waals surface area contributed by atoms with Crippen molar-refractivity contribution < 1.29 is 4.79 Å². The second-order valence-electron chi connectivity index (χ2n) is 7.40. The number of nitrogens with one attached hydrogen (secondary N) is 1. The minimum Gasteiger partial charge on any atom is -0.325 e. The summed E-state index contributed by atoms with van der Waals surface area (Å²) in [4.78, 5) is 32.2. The monoisotopic (exact) mass is 461 g/mol. The third-order valence-corrected chi connectivity index (χ3v) is 7.12. The van der Waals surface area contributed by atoms with Crippen molar-refractivity contribution in [2.75, 3.05) is 11.1 Å². The lowest BCUT2D eigenvalue weighted by atomic mass is 10.1. The summed E-state index contributed by atoms with van der Waals surface area (Å²) < 4.78 is 1.58. The second kappa shape index (κ2) is 9.54. The molecule has 0 radical (unpaired) electrons. The first-order valence-corrected chi connectivity index (χ1v) is 12.0. The van der Waals surface area contributed by atoms with Gasteiger partial charge in [-0.15, -0.1) is 17.9 Å². The summed E-state index contributed by atoms with van der Waals surface area (Å²) >= 11 is 2.74. The summed E-state index contributed by atoms with van der Waals surface area (Å²) in [5.74, 6) is 0.0165. The lowest BCUT2D eigenvalue weighted by Crippen LogP contribution is -2.23. The minimum atomic E-state index is -0.136. The average Bonchev–Trinajstić information content (AvgIpc) is 3.22. The number of nitrogens with zero attached hydrogens (tertiary/aromatic N) is 2. The Bertz CT molecular complexity index is 1340. The molecule has 4 rings (SSSR count). The van der Waals surface area contributed by atoms with Crippen molar-refractivity contribution in [2.24, 2.45) is 0 Å². The molecule has 0 atom stereocenters. The van der Waals surface area contributed by atoms with Gasteiger partial charge in [-0.05, 0) is 36.6 Å². The van der Waals surface area contributed by atoms with Crippen LogP contribution >= 0.6 is 23.1 Å². The number of fused-ring (bicyclic) bond motifs is 1. The molecule has 1 N–H and O–H groups in total. The predicted octanol–water partition coefficient (Wildman–Crippen LogP) is 5.66. The van der Waals surface area contributed by atoms with E-state index in [9.17, 15) is 9.59 Å². The van der Waals surface area contributed by atoms with Gasteiger partial charge < -0.3 is 5.32 Å². The minimum absolute atomic E-state index is 0.119. The van der Waals surface area contributed by atoms with Crippen LogP contribution in [0.5, 0.6) is 0 Å². The van der Waals surface area contributed by atoms with E-state index in [1.165, 1.54) is 23.1 Å². The Morgan fingerprint density at radius 1 is 1.16 bits per heavy atom. The van der Waals surface area contributed by atoms with Gasteiger partial charge in [-0.2, -0.15) is 0 Å². The molecular formula is C25H23N3O2S2. The number of rotatable bonds is 7. The lowest BCUT2D eigenvalue weighted by molar-refractivity contribution is -0.113. The van der Waals surface area contributed by atoms with Gasteiger partial charge in [-0.3, -0.25) is 14.2 Å². The number of carbonyl (C=O) groups is 1. The number of thioether (sulfide) groups is 1. The number of aryl methyl sites for hydroxylation is 2. The lowest BCUT2D eigenvalue weighted by Gasteiger charge is -2.12. The van der Waals surface area contributed by atoms with Gasteiger partial charge in [0.1, 0.15) is 4.83 Å². The van der Waals surface area contributed by atoms with E-state index in [-0.39, 0.29) is 17.2 Å². The first-order valence-electron chi connectivity index (χ1n) is 10.2. The number of allylic oxidation sites excluding steroid dienone is 1. The Kier molecular flexibility index (Phi) is 6.58. The fourth-order valence-corrected chi connectivity index (χ4v) is 5.35. The van der Waals surface area contributed by atoms with E-state index in [0.29, 0.717) is 21.9 Å². The molecule has 0 spiro atoms. The summed E-state index contributed by atoms with van der Waals surface area (Å²) in [7, 11) is 0. The fraction of sp³-hybridized carbons (Fsp3) is 0.160. The SMILES string of the molecule is C=CCn1c(SCC(=O)Nc2c(C)cccc2C)nc2sc(-c3ccccc3)cc2c1=O. The zero-order valence-electron chi connectivity index (χ0n) is 17.9. The first-order chi connectivity index (χ1) is 15.5. The highest BCUT2D eigenvalue weighted by Crippen LogP contribution is 2.32.